The molecule has 16 heavy (non-hydrogen) atoms. The predicted octanol–water partition coefficient (Wildman–Crippen LogP) is 2.15. The van der Waals surface area contributed by atoms with E-state index in [9.17, 15) is 9.59 Å². The Balaban J connectivity index is 4.55. The molecule has 0 spiro atoms. The van der Waals surface area contributed by atoms with Crippen molar-refractivity contribution in [1.29, 1.82) is 0 Å². The molecule has 1 N–H and O–H groups in total. The van der Waals surface area contributed by atoms with Crippen LogP contribution in [0.4, 0.5) is 0 Å². The second-order valence-electron chi connectivity index (χ2n) is 2.92. The van der Waals surface area contributed by atoms with Crippen LogP contribution in [0.25, 0.3) is 0 Å². The van der Waals surface area contributed by atoms with E-state index in [-0.39, 0.29) is 12.3 Å². The van der Waals surface area contributed by atoms with E-state index in [1.54, 1.807) is 13.0 Å². The number of amides is 1. The van der Waals surface area contributed by atoms with E-state index < -0.39 is 16.7 Å². The Kier molecular flexibility index (Phi) is 8.03. The van der Waals surface area contributed by atoms with Crippen LogP contribution in [0.3, 0.4) is 0 Å². The van der Waals surface area contributed by atoms with Crippen LogP contribution in [0.5, 0.6) is 0 Å². The lowest BCUT2D eigenvalue weighted by Gasteiger charge is -2.09. The number of unbranched alkanes of at least 4 members (excludes halogenated alkanes) is 1. The average molecular weight is 268 g/mol. The molecule has 0 bridgehead atoms. The molecule has 92 valence electrons. The number of hydrogen-bond donors (Lipinski definition) is 1. The van der Waals surface area contributed by atoms with Gasteiger partial charge < -0.3 is 10.1 Å². The molecule has 1 amide bonds. The third kappa shape index (κ3) is 5.98. The topological polar surface area (TPSA) is 55.4 Å². The number of alkyl halides is 2. The van der Waals surface area contributed by atoms with Gasteiger partial charge in [0.25, 0.3) is 5.91 Å². The van der Waals surface area contributed by atoms with Crippen LogP contribution in [-0.2, 0) is 14.3 Å². The number of esters is 1. The molecular formula is C10H15Cl2NO3. The second-order valence-corrected chi connectivity index (χ2v) is 4.01. The summed E-state index contributed by atoms with van der Waals surface area (Å²) in [5, 5.41) is 2.32. The Hall–Kier alpha value is -0.740. The monoisotopic (exact) mass is 267 g/mol. The number of rotatable bonds is 6. The zero-order valence-electron chi connectivity index (χ0n) is 9.26. The highest BCUT2D eigenvalue weighted by Gasteiger charge is 2.17. The van der Waals surface area contributed by atoms with Crippen molar-refractivity contribution < 1.29 is 14.3 Å². The summed E-state index contributed by atoms with van der Waals surface area (Å²) in [7, 11) is 0. The summed E-state index contributed by atoms with van der Waals surface area (Å²) < 4.78 is 4.77. The van der Waals surface area contributed by atoms with Gasteiger partial charge in [0.15, 0.2) is 4.84 Å². The van der Waals surface area contributed by atoms with Crippen molar-refractivity contribution >= 4 is 35.1 Å². The van der Waals surface area contributed by atoms with Crippen molar-refractivity contribution in [3.63, 3.8) is 0 Å². The quantitative estimate of drug-likeness (QED) is 0.456. The first-order chi connectivity index (χ1) is 7.52. The maximum Gasteiger partial charge on any atom is 0.354 e. The molecule has 0 rings (SSSR count). The van der Waals surface area contributed by atoms with E-state index in [1.165, 1.54) is 0 Å². The molecule has 0 fully saturated rings. The summed E-state index contributed by atoms with van der Waals surface area (Å²) >= 11 is 10.7. The molecular weight excluding hydrogens is 253 g/mol. The summed E-state index contributed by atoms with van der Waals surface area (Å²) in [4.78, 5) is 21.4. The number of hydrogen-bond acceptors (Lipinski definition) is 3. The summed E-state index contributed by atoms with van der Waals surface area (Å²) in [6.45, 7) is 3.87. The molecule has 0 atom stereocenters. The molecule has 0 aromatic rings. The Morgan fingerprint density at radius 2 is 2.00 bits per heavy atom. The fourth-order valence-electron chi connectivity index (χ4n) is 0.870. The van der Waals surface area contributed by atoms with Crippen molar-refractivity contribution in [3.05, 3.63) is 11.8 Å². The number of allylic oxidation sites excluding steroid dienone is 1. The van der Waals surface area contributed by atoms with Gasteiger partial charge in [-0.1, -0.05) is 42.6 Å². The molecule has 0 aromatic carbocycles. The summed E-state index contributed by atoms with van der Waals surface area (Å²) in [6.07, 6.45) is 3.10. The molecule has 0 radical (unpaired) electrons. The molecule has 0 saturated carbocycles. The highest BCUT2D eigenvalue weighted by Crippen LogP contribution is 2.05. The van der Waals surface area contributed by atoms with Crippen LogP contribution in [0.1, 0.15) is 26.7 Å². The van der Waals surface area contributed by atoms with Crippen molar-refractivity contribution in [2.45, 2.75) is 31.5 Å². The van der Waals surface area contributed by atoms with Gasteiger partial charge in [-0.2, -0.15) is 0 Å². The molecule has 6 heteroatoms. The van der Waals surface area contributed by atoms with Crippen LogP contribution < -0.4 is 5.32 Å². The number of carbonyl (C=O) groups excluding carboxylic acids is 2. The highest BCUT2D eigenvalue weighted by molar-refractivity contribution is 6.53. The van der Waals surface area contributed by atoms with Gasteiger partial charge in [0.2, 0.25) is 0 Å². The lowest BCUT2D eigenvalue weighted by Crippen LogP contribution is -2.32. The Morgan fingerprint density at radius 3 is 2.44 bits per heavy atom. The van der Waals surface area contributed by atoms with E-state index in [0.717, 1.165) is 6.42 Å². The van der Waals surface area contributed by atoms with Gasteiger partial charge in [0, 0.05) is 0 Å². The van der Waals surface area contributed by atoms with E-state index >= 15 is 0 Å². The third-order valence-electron chi connectivity index (χ3n) is 1.59. The van der Waals surface area contributed by atoms with E-state index in [0.29, 0.717) is 6.42 Å². The average Bonchev–Trinajstić information content (AvgIpc) is 2.23. The first kappa shape index (κ1) is 15.3. The van der Waals surface area contributed by atoms with Gasteiger partial charge in [-0.25, -0.2) is 4.79 Å². The second kappa shape index (κ2) is 8.42. The molecule has 0 heterocycles. The molecule has 0 aliphatic rings. The zero-order chi connectivity index (χ0) is 12.6. The van der Waals surface area contributed by atoms with Gasteiger partial charge in [-0.15, -0.1) is 0 Å². The van der Waals surface area contributed by atoms with E-state index in [4.69, 9.17) is 27.9 Å². The van der Waals surface area contributed by atoms with Gasteiger partial charge in [0.1, 0.15) is 5.70 Å². The number of ether oxygens (including phenoxy) is 1. The van der Waals surface area contributed by atoms with Crippen LogP contribution in [0, 0.1) is 0 Å². The number of carbonyl (C=O) groups is 2. The van der Waals surface area contributed by atoms with Crippen molar-refractivity contribution in [1.82, 2.24) is 5.32 Å². The first-order valence-corrected chi connectivity index (χ1v) is 5.86. The van der Waals surface area contributed by atoms with E-state index in [1.807, 2.05) is 6.92 Å². The van der Waals surface area contributed by atoms with Crippen LogP contribution in [0.15, 0.2) is 11.8 Å². The highest BCUT2D eigenvalue weighted by atomic mass is 35.5. The Morgan fingerprint density at radius 1 is 1.38 bits per heavy atom. The SMILES string of the molecule is CCC/C=C(\NC(=O)C(Cl)Cl)C(=O)OCC. The molecule has 4 nitrogen and oxygen atoms in total. The molecule has 0 aliphatic carbocycles. The fourth-order valence-corrected chi connectivity index (χ4v) is 0.979. The van der Waals surface area contributed by atoms with Crippen LogP contribution in [0.2, 0.25) is 0 Å². The summed E-state index contributed by atoms with van der Waals surface area (Å²) in [5.41, 5.74) is 0.0833. The Bertz CT molecular complexity index is 277. The maximum atomic E-state index is 11.4. The minimum atomic E-state index is -1.21. The van der Waals surface area contributed by atoms with Crippen LogP contribution >= 0.6 is 23.2 Å². The first-order valence-electron chi connectivity index (χ1n) is 4.99. The fraction of sp³-hybridized carbons (Fsp3) is 0.600. The largest absolute Gasteiger partial charge is 0.461 e. The smallest absolute Gasteiger partial charge is 0.354 e. The van der Waals surface area contributed by atoms with Crippen molar-refractivity contribution in [2.24, 2.45) is 0 Å². The summed E-state index contributed by atoms with van der Waals surface area (Å²) in [5.74, 6) is -1.22. The molecule has 0 aromatic heterocycles. The lowest BCUT2D eigenvalue weighted by molar-refractivity contribution is -0.140. The predicted molar refractivity (Wildman–Crippen MR) is 63.3 cm³/mol. The van der Waals surface area contributed by atoms with Gasteiger partial charge in [0.05, 0.1) is 6.61 Å². The zero-order valence-corrected chi connectivity index (χ0v) is 10.8. The molecule has 0 unspecified atom stereocenters. The summed E-state index contributed by atoms with van der Waals surface area (Å²) in [6, 6.07) is 0. The minimum absolute atomic E-state index is 0.0833. The maximum absolute atomic E-state index is 11.4. The molecule has 0 saturated heterocycles. The van der Waals surface area contributed by atoms with Crippen molar-refractivity contribution in [2.75, 3.05) is 6.61 Å². The number of nitrogens with one attached hydrogen (secondary N) is 1. The number of halogens is 2. The van der Waals surface area contributed by atoms with E-state index in [2.05, 4.69) is 5.32 Å². The Labute approximate surface area is 105 Å². The normalized spacial score (nSPS) is 11.4. The third-order valence-corrected chi connectivity index (χ3v) is 1.98. The van der Waals surface area contributed by atoms with Gasteiger partial charge >= 0.3 is 5.97 Å². The molecule has 0 aliphatic heterocycles. The minimum Gasteiger partial charge on any atom is -0.461 e. The standard InChI is InChI=1S/C10H15Cl2NO3/c1-3-5-6-7(10(15)16-4-2)13-9(14)8(11)12/h6,8H,3-5H2,1-2H3,(H,13,14)/b7-6-. The van der Waals surface area contributed by atoms with Gasteiger partial charge in [-0.05, 0) is 13.3 Å². The van der Waals surface area contributed by atoms with Crippen LogP contribution in [-0.4, -0.2) is 23.3 Å². The lowest BCUT2D eigenvalue weighted by atomic mass is 10.2. The van der Waals surface area contributed by atoms with Gasteiger partial charge in [-0.3, -0.25) is 4.79 Å². The van der Waals surface area contributed by atoms with Crippen molar-refractivity contribution in [3.8, 4) is 0 Å².